The fourth-order valence-corrected chi connectivity index (χ4v) is 0. The van der Waals surface area contributed by atoms with Crippen LogP contribution in [0.15, 0.2) is 0 Å². The third-order valence-electron chi connectivity index (χ3n) is 0.264. The van der Waals surface area contributed by atoms with Gasteiger partial charge in [0, 0.05) is 16.8 Å². The van der Waals surface area contributed by atoms with Crippen LogP contribution in [0, 0.1) is 0 Å². The highest BCUT2D eigenvalue weighted by molar-refractivity contribution is 5.76. The van der Waals surface area contributed by atoms with Crippen LogP contribution in [0.5, 0.6) is 0 Å². The first-order valence-electron chi connectivity index (χ1n) is 1.56. The van der Waals surface area contributed by atoms with Gasteiger partial charge in [0.2, 0.25) is 0 Å². The van der Waals surface area contributed by atoms with Gasteiger partial charge < -0.3 is 10.2 Å². The van der Waals surface area contributed by atoms with E-state index in [-0.39, 0.29) is 23.4 Å². The standard InChI is InChI=1S/C3H8O2.2B/c1-3(5)2-4;;/h3-5H,2H2,1H3;;. The summed E-state index contributed by atoms with van der Waals surface area (Å²) in [4.78, 5) is 0. The van der Waals surface area contributed by atoms with Crippen molar-refractivity contribution in [3.8, 4) is 0 Å². The van der Waals surface area contributed by atoms with Crippen molar-refractivity contribution >= 4 is 16.8 Å². The van der Waals surface area contributed by atoms with Crippen LogP contribution >= 0.6 is 0 Å². The predicted molar refractivity (Wildman–Crippen MR) is 30.3 cm³/mol. The molecule has 0 rings (SSSR count). The van der Waals surface area contributed by atoms with Crippen LogP contribution in [0.2, 0.25) is 0 Å². The van der Waals surface area contributed by atoms with Gasteiger partial charge in [-0.1, -0.05) is 0 Å². The molecule has 7 heavy (non-hydrogen) atoms. The molecule has 1 unspecified atom stereocenters. The molecule has 0 aliphatic heterocycles. The summed E-state index contributed by atoms with van der Waals surface area (Å²) in [5.41, 5.74) is 0. The third kappa shape index (κ3) is 23.6. The molecule has 0 spiro atoms. The fourth-order valence-electron chi connectivity index (χ4n) is 0. The molecule has 6 radical (unpaired) electrons. The van der Waals surface area contributed by atoms with Crippen LogP contribution in [0.4, 0.5) is 0 Å². The van der Waals surface area contributed by atoms with Crippen molar-refractivity contribution in [3.63, 3.8) is 0 Å². The molecular formula is C3H8B2O2. The normalized spacial score (nSPS) is 10.7. The Labute approximate surface area is 47.7 Å². The van der Waals surface area contributed by atoms with E-state index in [0.29, 0.717) is 0 Å². The number of rotatable bonds is 1. The minimum absolute atomic E-state index is 0. The summed E-state index contributed by atoms with van der Waals surface area (Å²) in [5, 5.41) is 16.0. The van der Waals surface area contributed by atoms with Gasteiger partial charge in [-0.05, 0) is 6.92 Å². The van der Waals surface area contributed by atoms with Gasteiger partial charge in [-0.2, -0.15) is 0 Å². The van der Waals surface area contributed by atoms with Crippen LogP contribution in [0.25, 0.3) is 0 Å². The summed E-state index contributed by atoms with van der Waals surface area (Å²) >= 11 is 0. The van der Waals surface area contributed by atoms with E-state index in [2.05, 4.69) is 0 Å². The Balaban J connectivity index is -0.0000000800. The van der Waals surface area contributed by atoms with E-state index in [9.17, 15) is 0 Å². The molecule has 2 N–H and O–H groups in total. The van der Waals surface area contributed by atoms with E-state index < -0.39 is 6.10 Å². The Kier molecular flexibility index (Phi) is 21.1. The van der Waals surface area contributed by atoms with Crippen molar-refractivity contribution in [2.24, 2.45) is 0 Å². The molecule has 0 amide bonds. The second-order valence-corrected chi connectivity index (χ2v) is 1.03. The summed E-state index contributed by atoms with van der Waals surface area (Å²) in [7, 11) is 0. The lowest BCUT2D eigenvalue weighted by atomic mass is 10.5. The van der Waals surface area contributed by atoms with E-state index in [4.69, 9.17) is 10.2 Å². The van der Waals surface area contributed by atoms with Crippen LogP contribution in [-0.4, -0.2) is 39.7 Å². The molecule has 2 nitrogen and oxygen atoms in total. The Bertz CT molecular complexity index is 24.9. The summed E-state index contributed by atoms with van der Waals surface area (Å²) in [6, 6.07) is 0. The van der Waals surface area contributed by atoms with Gasteiger partial charge in [0.25, 0.3) is 0 Å². The van der Waals surface area contributed by atoms with Crippen molar-refractivity contribution in [2.75, 3.05) is 6.61 Å². The largest absolute Gasteiger partial charge is 0.394 e. The van der Waals surface area contributed by atoms with Gasteiger partial charge in [0.1, 0.15) is 0 Å². The number of aliphatic hydroxyl groups excluding tert-OH is 2. The maximum atomic E-state index is 8.11. The molecule has 0 heterocycles. The van der Waals surface area contributed by atoms with Crippen molar-refractivity contribution in [3.05, 3.63) is 0 Å². The molecule has 0 saturated heterocycles. The lowest BCUT2D eigenvalue weighted by molar-refractivity contribution is 0.110. The molecule has 0 fully saturated rings. The number of aliphatic hydroxyl groups is 2. The number of hydrogen-bond acceptors (Lipinski definition) is 2. The Hall–Kier alpha value is 0.0499. The minimum Gasteiger partial charge on any atom is -0.394 e. The van der Waals surface area contributed by atoms with Gasteiger partial charge in [0.05, 0.1) is 12.7 Å². The molecule has 4 heteroatoms. The van der Waals surface area contributed by atoms with Crippen LogP contribution in [0.1, 0.15) is 6.92 Å². The maximum absolute atomic E-state index is 8.11. The number of hydrogen-bond donors (Lipinski definition) is 2. The highest BCUT2D eigenvalue weighted by atomic mass is 16.3. The first kappa shape index (κ1) is 15.7. The first-order chi connectivity index (χ1) is 2.27. The van der Waals surface area contributed by atoms with E-state index in [0.717, 1.165) is 0 Å². The minimum atomic E-state index is -0.560. The average Bonchev–Trinajstić information content (AvgIpc) is 1.38. The molecule has 38 valence electrons. The van der Waals surface area contributed by atoms with Crippen molar-refractivity contribution in [2.45, 2.75) is 13.0 Å². The second-order valence-electron chi connectivity index (χ2n) is 1.03. The predicted octanol–water partition coefficient (Wildman–Crippen LogP) is -1.40. The second kappa shape index (κ2) is 9.41. The molecule has 1 atom stereocenters. The fraction of sp³-hybridized carbons (Fsp3) is 1.00. The third-order valence-corrected chi connectivity index (χ3v) is 0.264. The summed E-state index contributed by atoms with van der Waals surface area (Å²) < 4.78 is 0. The Morgan fingerprint density at radius 3 is 1.57 bits per heavy atom. The quantitative estimate of drug-likeness (QED) is 0.395. The average molecular weight is 97.7 g/mol. The maximum Gasteiger partial charge on any atom is 0.0742 e. The molecule has 0 aliphatic rings. The zero-order valence-corrected chi connectivity index (χ0v) is 4.33. The van der Waals surface area contributed by atoms with Crippen LogP contribution in [0.3, 0.4) is 0 Å². The van der Waals surface area contributed by atoms with Crippen LogP contribution in [-0.2, 0) is 0 Å². The lowest BCUT2D eigenvalue weighted by Crippen LogP contribution is -2.03. The highest BCUT2D eigenvalue weighted by Gasteiger charge is 1.83. The van der Waals surface area contributed by atoms with Gasteiger partial charge in [-0.3, -0.25) is 0 Å². The van der Waals surface area contributed by atoms with Crippen molar-refractivity contribution in [1.29, 1.82) is 0 Å². The van der Waals surface area contributed by atoms with Gasteiger partial charge >= 0.3 is 0 Å². The smallest absolute Gasteiger partial charge is 0.0742 e. The van der Waals surface area contributed by atoms with E-state index in [1.54, 1.807) is 0 Å². The molecule has 0 aromatic rings. The van der Waals surface area contributed by atoms with Crippen molar-refractivity contribution < 1.29 is 10.2 Å². The summed E-state index contributed by atoms with van der Waals surface area (Å²) in [5.74, 6) is 0. The SMILES string of the molecule is CC(O)CO.[B].[B]. The molecule has 0 saturated carbocycles. The molecule has 0 bridgehead atoms. The molecule has 0 aromatic carbocycles. The summed E-state index contributed by atoms with van der Waals surface area (Å²) in [6.07, 6.45) is -0.560. The van der Waals surface area contributed by atoms with E-state index >= 15 is 0 Å². The zero-order valence-electron chi connectivity index (χ0n) is 4.33. The first-order valence-corrected chi connectivity index (χ1v) is 1.56. The van der Waals surface area contributed by atoms with E-state index in [1.165, 1.54) is 6.92 Å². The van der Waals surface area contributed by atoms with Gasteiger partial charge in [-0.25, -0.2) is 0 Å². The van der Waals surface area contributed by atoms with E-state index in [1.807, 2.05) is 0 Å². The molecular weight excluding hydrogens is 89.7 g/mol. The Morgan fingerprint density at radius 2 is 1.57 bits per heavy atom. The molecule has 0 aromatic heterocycles. The zero-order chi connectivity index (χ0) is 4.28. The molecule has 0 aliphatic carbocycles. The summed E-state index contributed by atoms with van der Waals surface area (Å²) in [6.45, 7) is 1.39. The van der Waals surface area contributed by atoms with Gasteiger partial charge in [-0.15, -0.1) is 0 Å². The van der Waals surface area contributed by atoms with Crippen LogP contribution < -0.4 is 0 Å². The highest BCUT2D eigenvalue weighted by Crippen LogP contribution is 1.68. The lowest BCUT2D eigenvalue weighted by Gasteiger charge is -1.90. The topological polar surface area (TPSA) is 40.5 Å². The van der Waals surface area contributed by atoms with Gasteiger partial charge in [0.15, 0.2) is 0 Å². The Morgan fingerprint density at radius 1 is 1.43 bits per heavy atom. The monoisotopic (exact) mass is 98.1 g/mol. The van der Waals surface area contributed by atoms with Crippen molar-refractivity contribution in [1.82, 2.24) is 0 Å².